The van der Waals surface area contributed by atoms with Gasteiger partial charge in [0, 0.05) is 33.3 Å². The molecule has 1 fully saturated rings. The summed E-state index contributed by atoms with van der Waals surface area (Å²) in [6, 6.07) is -0.483. The van der Waals surface area contributed by atoms with Crippen LogP contribution in [0.1, 0.15) is 12.8 Å². The molecular formula is C12H23N3O4. The topological polar surface area (TPSA) is 96.1 Å². The van der Waals surface area contributed by atoms with Crippen molar-refractivity contribution in [1.82, 2.24) is 9.80 Å². The molecule has 7 heteroatoms. The molecule has 1 saturated heterocycles. The lowest BCUT2D eigenvalue weighted by Gasteiger charge is -2.34. The monoisotopic (exact) mass is 273 g/mol. The quantitative estimate of drug-likeness (QED) is 0.665. The smallest absolute Gasteiger partial charge is 0.314 e. The van der Waals surface area contributed by atoms with E-state index in [0.29, 0.717) is 26.2 Å². The van der Waals surface area contributed by atoms with Gasteiger partial charge in [0.2, 0.25) is 5.91 Å². The maximum absolute atomic E-state index is 12.3. The number of ether oxygens (including phenoxy) is 1. The molecule has 1 aliphatic rings. The van der Waals surface area contributed by atoms with Crippen LogP contribution in [-0.4, -0.2) is 73.3 Å². The second kappa shape index (κ2) is 7.96. The average Bonchev–Trinajstić information content (AvgIpc) is 2.42. The Kier molecular flexibility index (Phi) is 6.58. The van der Waals surface area contributed by atoms with Crippen molar-refractivity contribution in [2.45, 2.75) is 12.8 Å². The highest BCUT2D eigenvalue weighted by molar-refractivity contribution is 5.80. The SMILES string of the molecule is COCCN(CCO)C(=O)C1CCCN(C(N)=O)C1. The fraction of sp³-hybridized carbons (Fsp3) is 0.833. The van der Waals surface area contributed by atoms with Crippen LogP contribution in [0.4, 0.5) is 4.79 Å². The van der Waals surface area contributed by atoms with Gasteiger partial charge in [0.15, 0.2) is 0 Å². The van der Waals surface area contributed by atoms with Crippen molar-refractivity contribution in [1.29, 1.82) is 0 Å². The number of nitrogens with zero attached hydrogens (tertiary/aromatic N) is 2. The van der Waals surface area contributed by atoms with Gasteiger partial charge in [-0.15, -0.1) is 0 Å². The number of rotatable bonds is 6. The summed E-state index contributed by atoms with van der Waals surface area (Å²) in [4.78, 5) is 26.6. The molecule has 0 radical (unpaired) electrons. The number of methoxy groups -OCH3 is 1. The first-order valence-electron chi connectivity index (χ1n) is 6.53. The van der Waals surface area contributed by atoms with E-state index in [-0.39, 0.29) is 25.0 Å². The zero-order chi connectivity index (χ0) is 14.3. The van der Waals surface area contributed by atoms with Gasteiger partial charge in [-0.3, -0.25) is 4.79 Å². The predicted molar refractivity (Wildman–Crippen MR) is 69.4 cm³/mol. The third-order valence-corrected chi connectivity index (χ3v) is 3.33. The zero-order valence-electron chi connectivity index (χ0n) is 11.4. The van der Waals surface area contributed by atoms with Gasteiger partial charge in [0.05, 0.1) is 19.1 Å². The molecule has 1 heterocycles. The minimum absolute atomic E-state index is 0.0444. The van der Waals surface area contributed by atoms with E-state index in [1.807, 2.05) is 0 Å². The first-order valence-corrected chi connectivity index (χ1v) is 6.53. The zero-order valence-corrected chi connectivity index (χ0v) is 11.4. The summed E-state index contributed by atoms with van der Waals surface area (Å²) in [7, 11) is 1.57. The Balaban J connectivity index is 2.59. The lowest BCUT2D eigenvalue weighted by Crippen LogP contribution is -2.49. The Morgan fingerprint density at radius 2 is 2.21 bits per heavy atom. The molecule has 3 amide bonds. The summed E-state index contributed by atoms with van der Waals surface area (Å²) in [5, 5.41) is 9.00. The highest BCUT2D eigenvalue weighted by Gasteiger charge is 2.30. The minimum Gasteiger partial charge on any atom is -0.395 e. The molecule has 19 heavy (non-hydrogen) atoms. The average molecular weight is 273 g/mol. The summed E-state index contributed by atoms with van der Waals surface area (Å²) >= 11 is 0. The molecule has 7 nitrogen and oxygen atoms in total. The second-order valence-corrected chi connectivity index (χ2v) is 4.67. The van der Waals surface area contributed by atoms with E-state index >= 15 is 0 Å². The standard InChI is InChI=1S/C12H23N3O4/c1-19-8-6-14(5-7-16)11(17)10-3-2-4-15(9-10)12(13)18/h10,16H,2-9H2,1H3,(H2,13,18). The molecule has 0 aliphatic carbocycles. The first-order chi connectivity index (χ1) is 9.10. The first kappa shape index (κ1) is 15.7. The maximum atomic E-state index is 12.3. The highest BCUT2D eigenvalue weighted by atomic mass is 16.5. The predicted octanol–water partition coefficient (Wildman–Crippen LogP) is -0.756. The van der Waals surface area contributed by atoms with Gasteiger partial charge in [-0.25, -0.2) is 4.79 Å². The van der Waals surface area contributed by atoms with E-state index in [1.165, 1.54) is 4.90 Å². The molecule has 0 spiro atoms. The lowest BCUT2D eigenvalue weighted by molar-refractivity contribution is -0.138. The Morgan fingerprint density at radius 3 is 2.79 bits per heavy atom. The molecular weight excluding hydrogens is 250 g/mol. The van der Waals surface area contributed by atoms with Crippen LogP contribution < -0.4 is 5.73 Å². The van der Waals surface area contributed by atoms with E-state index in [4.69, 9.17) is 15.6 Å². The number of likely N-dealkylation sites (tertiary alicyclic amines) is 1. The van der Waals surface area contributed by atoms with E-state index < -0.39 is 6.03 Å². The van der Waals surface area contributed by atoms with Crippen molar-refractivity contribution in [3.05, 3.63) is 0 Å². The number of nitrogens with two attached hydrogens (primary N) is 1. The number of aliphatic hydroxyl groups excluding tert-OH is 1. The number of primary amides is 1. The molecule has 0 aromatic carbocycles. The normalized spacial score (nSPS) is 19.3. The second-order valence-electron chi connectivity index (χ2n) is 4.67. The van der Waals surface area contributed by atoms with Crippen molar-refractivity contribution < 1.29 is 19.4 Å². The van der Waals surface area contributed by atoms with Crippen LogP contribution in [0.5, 0.6) is 0 Å². The van der Waals surface area contributed by atoms with E-state index in [1.54, 1.807) is 12.0 Å². The van der Waals surface area contributed by atoms with Crippen molar-refractivity contribution in [2.75, 3.05) is 46.5 Å². The third kappa shape index (κ3) is 4.68. The summed E-state index contributed by atoms with van der Waals surface area (Å²) < 4.78 is 4.96. The molecule has 1 unspecified atom stereocenters. The number of carbonyl (C=O) groups excluding carboxylic acids is 2. The third-order valence-electron chi connectivity index (χ3n) is 3.33. The fourth-order valence-corrected chi connectivity index (χ4v) is 2.29. The Bertz CT molecular complexity index is 311. The van der Waals surface area contributed by atoms with Crippen LogP contribution in [0.25, 0.3) is 0 Å². The summed E-state index contributed by atoms with van der Waals surface area (Å²) in [6.45, 7) is 2.05. The number of carbonyl (C=O) groups is 2. The Hall–Kier alpha value is -1.34. The van der Waals surface area contributed by atoms with Gasteiger partial charge >= 0.3 is 6.03 Å². The highest BCUT2D eigenvalue weighted by Crippen LogP contribution is 2.18. The largest absolute Gasteiger partial charge is 0.395 e. The van der Waals surface area contributed by atoms with Crippen LogP contribution in [0, 0.1) is 5.92 Å². The molecule has 1 aliphatic heterocycles. The molecule has 110 valence electrons. The van der Waals surface area contributed by atoms with E-state index in [2.05, 4.69) is 0 Å². The molecule has 1 atom stereocenters. The van der Waals surface area contributed by atoms with E-state index in [9.17, 15) is 9.59 Å². The van der Waals surface area contributed by atoms with Gasteiger partial charge in [0.1, 0.15) is 0 Å². The summed E-state index contributed by atoms with van der Waals surface area (Å²) in [5.74, 6) is -0.276. The number of piperidine rings is 1. The number of hydrogen-bond donors (Lipinski definition) is 2. The molecule has 1 rings (SSSR count). The van der Waals surface area contributed by atoms with Gasteiger partial charge in [-0.2, -0.15) is 0 Å². The van der Waals surface area contributed by atoms with Gasteiger partial charge in [0.25, 0.3) is 0 Å². The van der Waals surface area contributed by atoms with E-state index in [0.717, 1.165) is 12.8 Å². The number of aliphatic hydroxyl groups is 1. The van der Waals surface area contributed by atoms with Crippen LogP contribution >= 0.6 is 0 Å². The van der Waals surface area contributed by atoms with Crippen molar-refractivity contribution in [2.24, 2.45) is 11.7 Å². The minimum atomic E-state index is -0.483. The number of urea groups is 1. The lowest BCUT2D eigenvalue weighted by atomic mass is 9.96. The molecule has 0 bridgehead atoms. The number of hydrogen-bond acceptors (Lipinski definition) is 4. The van der Waals surface area contributed by atoms with Gasteiger partial charge in [-0.05, 0) is 12.8 Å². The molecule has 3 N–H and O–H groups in total. The van der Waals surface area contributed by atoms with Crippen LogP contribution in [0.3, 0.4) is 0 Å². The van der Waals surface area contributed by atoms with Gasteiger partial charge < -0.3 is 25.4 Å². The van der Waals surface area contributed by atoms with Crippen LogP contribution in [0.15, 0.2) is 0 Å². The van der Waals surface area contributed by atoms with Crippen molar-refractivity contribution in [3.63, 3.8) is 0 Å². The van der Waals surface area contributed by atoms with Crippen LogP contribution in [-0.2, 0) is 9.53 Å². The molecule has 0 aromatic rings. The van der Waals surface area contributed by atoms with Crippen molar-refractivity contribution >= 4 is 11.9 Å². The van der Waals surface area contributed by atoms with Crippen molar-refractivity contribution in [3.8, 4) is 0 Å². The van der Waals surface area contributed by atoms with Gasteiger partial charge in [-0.1, -0.05) is 0 Å². The fourth-order valence-electron chi connectivity index (χ4n) is 2.29. The summed E-state index contributed by atoms with van der Waals surface area (Å²) in [5.41, 5.74) is 5.25. The number of amides is 3. The Morgan fingerprint density at radius 1 is 1.47 bits per heavy atom. The maximum Gasteiger partial charge on any atom is 0.314 e. The summed E-state index contributed by atoms with van der Waals surface area (Å²) in [6.07, 6.45) is 1.52. The van der Waals surface area contributed by atoms with Crippen LogP contribution in [0.2, 0.25) is 0 Å². The molecule has 0 saturated carbocycles. The molecule has 0 aromatic heterocycles. The Labute approximate surface area is 113 Å².